The average Bonchev–Trinajstić information content (AvgIpc) is 3.03. The summed E-state index contributed by atoms with van der Waals surface area (Å²) in [6.45, 7) is 3.48. The molecule has 1 N–H and O–H groups in total. The van der Waals surface area contributed by atoms with Gasteiger partial charge in [0.25, 0.3) is 0 Å². The number of nitrogens with one attached hydrogen (secondary N) is 1. The van der Waals surface area contributed by atoms with E-state index in [2.05, 4.69) is 16.8 Å². The number of ether oxygens (including phenoxy) is 1. The SMILES string of the molecule is CCOC(=O)c1ccc(NC(=O)N2CCc3sccc3C2)cc1. The summed E-state index contributed by atoms with van der Waals surface area (Å²) in [6.07, 6.45) is 0.905. The smallest absolute Gasteiger partial charge is 0.338 e. The molecule has 1 aromatic heterocycles. The number of hydrogen-bond acceptors (Lipinski definition) is 4. The summed E-state index contributed by atoms with van der Waals surface area (Å²) in [5.74, 6) is -0.355. The number of carbonyl (C=O) groups excluding carboxylic acids is 2. The van der Waals surface area contributed by atoms with Crippen LogP contribution in [0.5, 0.6) is 0 Å². The molecule has 0 atom stereocenters. The van der Waals surface area contributed by atoms with Gasteiger partial charge in [0.15, 0.2) is 0 Å². The van der Waals surface area contributed by atoms with Crippen molar-refractivity contribution in [3.8, 4) is 0 Å². The van der Waals surface area contributed by atoms with Gasteiger partial charge in [-0.15, -0.1) is 11.3 Å². The van der Waals surface area contributed by atoms with E-state index in [0.717, 1.165) is 13.0 Å². The molecule has 0 bridgehead atoms. The van der Waals surface area contributed by atoms with Gasteiger partial charge in [-0.3, -0.25) is 0 Å². The first-order valence-corrected chi connectivity index (χ1v) is 8.43. The maximum Gasteiger partial charge on any atom is 0.338 e. The second-order valence-corrected chi connectivity index (χ2v) is 6.27. The predicted molar refractivity (Wildman–Crippen MR) is 89.9 cm³/mol. The molecule has 0 saturated heterocycles. The molecule has 23 heavy (non-hydrogen) atoms. The number of urea groups is 1. The number of amides is 2. The zero-order chi connectivity index (χ0) is 16.2. The van der Waals surface area contributed by atoms with Crippen LogP contribution in [-0.2, 0) is 17.7 Å². The van der Waals surface area contributed by atoms with Crippen molar-refractivity contribution in [2.75, 3.05) is 18.5 Å². The minimum atomic E-state index is -0.355. The van der Waals surface area contributed by atoms with Crippen molar-refractivity contribution in [2.45, 2.75) is 19.9 Å². The van der Waals surface area contributed by atoms with Crippen LogP contribution in [0.4, 0.5) is 10.5 Å². The third-order valence-corrected chi connectivity index (χ3v) is 4.77. The minimum absolute atomic E-state index is 0.120. The monoisotopic (exact) mass is 330 g/mol. The summed E-state index contributed by atoms with van der Waals surface area (Å²) in [5, 5.41) is 4.94. The van der Waals surface area contributed by atoms with Crippen molar-refractivity contribution in [1.82, 2.24) is 4.90 Å². The Morgan fingerprint density at radius 1 is 1.26 bits per heavy atom. The van der Waals surface area contributed by atoms with Crippen LogP contribution in [0.2, 0.25) is 0 Å². The number of esters is 1. The lowest BCUT2D eigenvalue weighted by Crippen LogP contribution is -2.38. The molecule has 0 saturated carbocycles. The number of fused-ring (bicyclic) bond motifs is 1. The Morgan fingerprint density at radius 3 is 2.78 bits per heavy atom. The highest BCUT2D eigenvalue weighted by Crippen LogP contribution is 2.24. The summed E-state index contributed by atoms with van der Waals surface area (Å²) in [6, 6.07) is 8.69. The van der Waals surface area contributed by atoms with Crippen molar-refractivity contribution in [2.24, 2.45) is 0 Å². The largest absolute Gasteiger partial charge is 0.462 e. The minimum Gasteiger partial charge on any atom is -0.462 e. The molecule has 0 fully saturated rings. The van der Waals surface area contributed by atoms with Gasteiger partial charge in [0.1, 0.15) is 0 Å². The van der Waals surface area contributed by atoms with Gasteiger partial charge in [0, 0.05) is 23.7 Å². The molecule has 0 spiro atoms. The summed E-state index contributed by atoms with van der Waals surface area (Å²) in [7, 11) is 0. The Hall–Kier alpha value is -2.34. The van der Waals surface area contributed by atoms with Crippen LogP contribution >= 0.6 is 11.3 Å². The van der Waals surface area contributed by atoms with E-state index in [1.54, 1.807) is 47.4 Å². The summed E-state index contributed by atoms with van der Waals surface area (Å²) < 4.78 is 4.94. The molecule has 0 unspecified atom stereocenters. The fourth-order valence-corrected chi connectivity index (χ4v) is 3.42. The fraction of sp³-hybridized carbons (Fsp3) is 0.294. The summed E-state index contributed by atoms with van der Waals surface area (Å²) in [5.41, 5.74) is 2.37. The zero-order valence-corrected chi connectivity index (χ0v) is 13.7. The van der Waals surface area contributed by atoms with E-state index in [1.807, 2.05) is 0 Å². The molecular formula is C17H18N2O3S. The first-order valence-electron chi connectivity index (χ1n) is 7.55. The van der Waals surface area contributed by atoms with E-state index in [9.17, 15) is 9.59 Å². The highest BCUT2D eigenvalue weighted by atomic mass is 32.1. The molecular weight excluding hydrogens is 312 g/mol. The molecule has 1 aliphatic rings. The lowest BCUT2D eigenvalue weighted by Gasteiger charge is -2.27. The van der Waals surface area contributed by atoms with E-state index in [4.69, 9.17) is 4.74 Å². The maximum absolute atomic E-state index is 12.3. The first kappa shape index (κ1) is 15.6. The van der Waals surface area contributed by atoms with Crippen LogP contribution < -0.4 is 5.32 Å². The molecule has 1 aromatic carbocycles. The van der Waals surface area contributed by atoms with Crippen molar-refractivity contribution in [3.05, 3.63) is 51.7 Å². The van der Waals surface area contributed by atoms with E-state index in [0.29, 0.717) is 24.4 Å². The number of carbonyl (C=O) groups is 2. The van der Waals surface area contributed by atoms with Gasteiger partial charge >= 0.3 is 12.0 Å². The molecule has 1 aliphatic heterocycles. The maximum atomic E-state index is 12.3. The van der Waals surface area contributed by atoms with Crippen LogP contribution in [0.3, 0.4) is 0 Å². The molecule has 120 valence electrons. The standard InChI is InChI=1S/C17H18N2O3S/c1-2-22-16(20)12-3-5-14(6-4-12)18-17(21)19-9-7-15-13(11-19)8-10-23-15/h3-6,8,10H,2,7,9,11H2,1H3,(H,18,21). The number of anilines is 1. The normalized spacial score (nSPS) is 13.3. The van der Waals surface area contributed by atoms with Gasteiger partial charge in [-0.25, -0.2) is 9.59 Å². The van der Waals surface area contributed by atoms with E-state index < -0.39 is 0 Å². The number of benzene rings is 1. The average molecular weight is 330 g/mol. The van der Waals surface area contributed by atoms with Gasteiger partial charge in [0.05, 0.1) is 12.2 Å². The number of rotatable bonds is 3. The van der Waals surface area contributed by atoms with Gasteiger partial charge in [0.2, 0.25) is 0 Å². The van der Waals surface area contributed by atoms with Crippen molar-refractivity contribution in [3.63, 3.8) is 0 Å². The van der Waals surface area contributed by atoms with E-state index in [-0.39, 0.29) is 12.0 Å². The molecule has 6 heteroatoms. The Balaban J connectivity index is 1.61. The van der Waals surface area contributed by atoms with Crippen molar-refractivity contribution in [1.29, 1.82) is 0 Å². The Labute approximate surface area is 138 Å². The Morgan fingerprint density at radius 2 is 2.04 bits per heavy atom. The fourth-order valence-electron chi connectivity index (χ4n) is 2.53. The van der Waals surface area contributed by atoms with Gasteiger partial charge in [-0.2, -0.15) is 0 Å². The van der Waals surface area contributed by atoms with Crippen LogP contribution in [-0.4, -0.2) is 30.1 Å². The van der Waals surface area contributed by atoms with Crippen LogP contribution in [0, 0.1) is 0 Å². The first-order chi connectivity index (χ1) is 11.2. The topological polar surface area (TPSA) is 58.6 Å². The second kappa shape index (κ2) is 6.83. The van der Waals surface area contributed by atoms with Crippen LogP contribution in [0.15, 0.2) is 35.7 Å². The van der Waals surface area contributed by atoms with Gasteiger partial charge < -0.3 is 15.0 Å². The molecule has 0 radical (unpaired) electrons. The van der Waals surface area contributed by atoms with E-state index in [1.165, 1.54) is 10.4 Å². The third kappa shape index (κ3) is 3.53. The van der Waals surface area contributed by atoms with Crippen LogP contribution in [0.1, 0.15) is 27.7 Å². The zero-order valence-electron chi connectivity index (χ0n) is 12.9. The number of thiophene rings is 1. The molecule has 2 amide bonds. The molecule has 2 heterocycles. The number of nitrogens with zero attached hydrogens (tertiary/aromatic N) is 1. The Bertz CT molecular complexity index is 709. The summed E-state index contributed by atoms with van der Waals surface area (Å²) in [4.78, 5) is 27.1. The third-order valence-electron chi connectivity index (χ3n) is 3.74. The second-order valence-electron chi connectivity index (χ2n) is 5.27. The molecule has 5 nitrogen and oxygen atoms in total. The predicted octanol–water partition coefficient (Wildman–Crippen LogP) is 3.52. The summed E-state index contributed by atoms with van der Waals surface area (Å²) >= 11 is 1.75. The van der Waals surface area contributed by atoms with Gasteiger partial charge in [-0.05, 0) is 54.6 Å². The molecule has 0 aliphatic carbocycles. The Kier molecular flexibility index (Phi) is 4.62. The van der Waals surface area contributed by atoms with Gasteiger partial charge in [-0.1, -0.05) is 0 Å². The van der Waals surface area contributed by atoms with Crippen molar-refractivity contribution >= 4 is 29.0 Å². The highest BCUT2D eigenvalue weighted by Gasteiger charge is 2.21. The quantitative estimate of drug-likeness (QED) is 0.876. The van der Waals surface area contributed by atoms with Crippen molar-refractivity contribution < 1.29 is 14.3 Å². The number of hydrogen-bond donors (Lipinski definition) is 1. The lowest BCUT2D eigenvalue weighted by molar-refractivity contribution is 0.0526. The van der Waals surface area contributed by atoms with E-state index >= 15 is 0 Å². The molecule has 2 aromatic rings. The highest BCUT2D eigenvalue weighted by molar-refractivity contribution is 7.10. The molecule has 3 rings (SSSR count). The van der Waals surface area contributed by atoms with Crippen LogP contribution in [0.25, 0.3) is 0 Å². The lowest BCUT2D eigenvalue weighted by atomic mass is 10.1.